The molecule has 0 aromatic carbocycles. The number of hydrogen-bond donors (Lipinski definition) is 1. The van der Waals surface area contributed by atoms with E-state index in [1.807, 2.05) is 0 Å². The lowest BCUT2D eigenvalue weighted by molar-refractivity contribution is -0.128. The lowest BCUT2D eigenvalue weighted by Crippen LogP contribution is -2.51. The van der Waals surface area contributed by atoms with Crippen molar-refractivity contribution in [1.29, 1.82) is 0 Å². The summed E-state index contributed by atoms with van der Waals surface area (Å²) in [5, 5.41) is 3.18. The normalized spacial score (nSPS) is 24.5. The van der Waals surface area contributed by atoms with Crippen LogP contribution < -0.4 is 5.32 Å². The summed E-state index contributed by atoms with van der Waals surface area (Å²) >= 11 is 0. The molecular weight excluding hydrogens is 254 g/mol. The Bertz CT molecular complexity index is 297. The molecule has 2 heterocycles. The Kier molecular flexibility index (Phi) is 6.26. The van der Waals surface area contributed by atoms with Crippen molar-refractivity contribution in [3.05, 3.63) is 0 Å². The van der Waals surface area contributed by atoms with Crippen LogP contribution in [0, 0.1) is 5.92 Å². The summed E-state index contributed by atoms with van der Waals surface area (Å²) in [4.78, 5) is 17.0. The van der Waals surface area contributed by atoms with Gasteiger partial charge in [0.2, 0.25) is 5.91 Å². The number of likely N-dealkylation sites (tertiary alicyclic amines) is 1. The second-order valence-corrected chi connectivity index (χ2v) is 6.06. The van der Waals surface area contributed by atoms with Crippen molar-refractivity contribution >= 4 is 5.91 Å². The Balaban J connectivity index is 1.74. The van der Waals surface area contributed by atoms with Crippen molar-refractivity contribution in [3.8, 4) is 0 Å². The molecule has 2 rings (SSSR count). The van der Waals surface area contributed by atoms with Crippen molar-refractivity contribution in [2.75, 3.05) is 53.0 Å². The van der Waals surface area contributed by atoms with Crippen LogP contribution in [0.4, 0.5) is 0 Å². The topological polar surface area (TPSA) is 44.8 Å². The third-order valence-corrected chi connectivity index (χ3v) is 4.58. The van der Waals surface area contributed by atoms with Crippen molar-refractivity contribution in [2.45, 2.75) is 32.2 Å². The number of carbonyl (C=O) groups is 1. The maximum Gasteiger partial charge on any atom is 0.237 e. The summed E-state index contributed by atoms with van der Waals surface area (Å²) in [6.07, 6.45) is 3.27. The minimum atomic E-state index is 0.0187. The van der Waals surface area contributed by atoms with Crippen molar-refractivity contribution < 1.29 is 9.53 Å². The summed E-state index contributed by atoms with van der Waals surface area (Å²) in [6.45, 7) is 8.49. The summed E-state index contributed by atoms with van der Waals surface area (Å²) in [6, 6.07) is 0.0187. The molecule has 1 atom stereocenters. The van der Waals surface area contributed by atoms with Crippen molar-refractivity contribution in [2.24, 2.45) is 5.92 Å². The largest absolute Gasteiger partial charge is 0.379 e. The first-order chi connectivity index (χ1) is 9.70. The van der Waals surface area contributed by atoms with Crippen LogP contribution in [-0.4, -0.2) is 74.7 Å². The van der Waals surface area contributed by atoms with Crippen LogP contribution in [0.1, 0.15) is 26.2 Å². The number of morpholine rings is 1. The molecule has 0 spiro atoms. The predicted octanol–water partition coefficient (Wildman–Crippen LogP) is 0.555. The highest BCUT2D eigenvalue weighted by atomic mass is 16.5. The maximum atomic E-state index is 12.4. The molecule has 1 amide bonds. The summed E-state index contributed by atoms with van der Waals surface area (Å²) < 4.78 is 5.36. The zero-order chi connectivity index (χ0) is 14.4. The van der Waals surface area contributed by atoms with E-state index in [4.69, 9.17) is 4.74 Å². The van der Waals surface area contributed by atoms with Gasteiger partial charge in [0.25, 0.3) is 0 Å². The van der Waals surface area contributed by atoms with E-state index in [0.717, 1.165) is 52.4 Å². The Hall–Kier alpha value is -0.650. The maximum absolute atomic E-state index is 12.4. The van der Waals surface area contributed by atoms with Gasteiger partial charge in [0, 0.05) is 19.6 Å². The van der Waals surface area contributed by atoms with E-state index in [-0.39, 0.29) is 11.9 Å². The molecule has 0 aliphatic carbocycles. The molecule has 2 aliphatic rings. The highest BCUT2D eigenvalue weighted by molar-refractivity contribution is 5.81. The van der Waals surface area contributed by atoms with Gasteiger partial charge in [-0.2, -0.15) is 0 Å². The zero-order valence-corrected chi connectivity index (χ0v) is 12.9. The highest BCUT2D eigenvalue weighted by Gasteiger charge is 2.26. The number of ether oxygens (including phenoxy) is 1. The standard InChI is InChI=1S/C15H29N3O2/c1-3-14(18-8-10-20-11-9-18)15(19)16-12-13-4-6-17(2)7-5-13/h13-14H,3-12H2,1-2H3,(H,16,19). The number of nitrogens with zero attached hydrogens (tertiary/aromatic N) is 2. The Morgan fingerprint density at radius 3 is 2.50 bits per heavy atom. The SMILES string of the molecule is CCC(C(=O)NCC1CCN(C)CC1)N1CCOCC1. The molecule has 1 N–H and O–H groups in total. The van der Waals surface area contributed by atoms with E-state index < -0.39 is 0 Å². The third kappa shape index (κ3) is 4.43. The van der Waals surface area contributed by atoms with E-state index in [9.17, 15) is 4.79 Å². The van der Waals surface area contributed by atoms with Gasteiger partial charge < -0.3 is 15.0 Å². The third-order valence-electron chi connectivity index (χ3n) is 4.58. The quantitative estimate of drug-likeness (QED) is 0.800. The van der Waals surface area contributed by atoms with E-state index >= 15 is 0 Å². The van der Waals surface area contributed by atoms with Gasteiger partial charge in [0.05, 0.1) is 19.3 Å². The number of nitrogens with one attached hydrogen (secondary N) is 1. The van der Waals surface area contributed by atoms with Gasteiger partial charge in [-0.05, 0) is 45.3 Å². The predicted molar refractivity (Wildman–Crippen MR) is 79.7 cm³/mol. The molecule has 2 aliphatic heterocycles. The van der Waals surface area contributed by atoms with Crippen LogP contribution in [0.2, 0.25) is 0 Å². The minimum absolute atomic E-state index is 0.0187. The molecule has 0 aromatic heterocycles. The molecule has 0 saturated carbocycles. The molecule has 0 bridgehead atoms. The van der Waals surface area contributed by atoms with Crippen LogP contribution in [0.3, 0.4) is 0 Å². The molecule has 2 saturated heterocycles. The van der Waals surface area contributed by atoms with Crippen LogP contribution in [0.25, 0.3) is 0 Å². The molecule has 5 heteroatoms. The van der Waals surface area contributed by atoms with Gasteiger partial charge in [0.15, 0.2) is 0 Å². The Morgan fingerprint density at radius 1 is 1.25 bits per heavy atom. The minimum Gasteiger partial charge on any atom is -0.379 e. The van der Waals surface area contributed by atoms with Crippen LogP contribution in [0.15, 0.2) is 0 Å². The first-order valence-corrected chi connectivity index (χ1v) is 7.98. The number of rotatable bonds is 5. The Morgan fingerprint density at radius 2 is 1.90 bits per heavy atom. The molecule has 1 unspecified atom stereocenters. The summed E-state index contributed by atoms with van der Waals surface area (Å²) in [5.41, 5.74) is 0. The molecule has 5 nitrogen and oxygen atoms in total. The van der Waals surface area contributed by atoms with Gasteiger partial charge >= 0.3 is 0 Å². The van der Waals surface area contributed by atoms with Gasteiger partial charge in [-0.3, -0.25) is 9.69 Å². The average molecular weight is 283 g/mol. The number of carbonyl (C=O) groups excluding carboxylic acids is 1. The molecular formula is C15H29N3O2. The van der Waals surface area contributed by atoms with Gasteiger partial charge in [0.1, 0.15) is 0 Å². The molecule has 0 radical (unpaired) electrons. The Labute approximate surface area is 122 Å². The first-order valence-electron chi connectivity index (χ1n) is 7.98. The van der Waals surface area contributed by atoms with Crippen LogP contribution >= 0.6 is 0 Å². The second kappa shape index (κ2) is 7.96. The fourth-order valence-electron chi connectivity index (χ4n) is 3.13. The van der Waals surface area contributed by atoms with E-state index in [2.05, 4.69) is 29.1 Å². The van der Waals surface area contributed by atoms with Gasteiger partial charge in [-0.1, -0.05) is 6.92 Å². The number of hydrogen-bond acceptors (Lipinski definition) is 4. The lowest BCUT2D eigenvalue weighted by atomic mass is 9.97. The second-order valence-electron chi connectivity index (χ2n) is 6.06. The average Bonchev–Trinajstić information content (AvgIpc) is 2.48. The fourth-order valence-corrected chi connectivity index (χ4v) is 3.13. The summed E-state index contributed by atoms with van der Waals surface area (Å²) in [5.74, 6) is 0.852. The van der Waals surface area contributed by atoms with E-state index in [1.165, 1.54) is 12.8 Å². The fraction of sp³-hybridized carbons (Fsp3) is 0.933. The molecule has 20 heavy (non-hydrogen) atoms. The molecule has 116 valence electrons. The smallest absolute Gasteiger partial charge is 0.237 e. The lowest BCUT2D eigenvalue weighted by Gasteiger charge is -2.34. The summed E-state index contributed by atoms with van der Waals surface area (Å²) in [7, 11) is 2.17. The van der Waals surface area contributed by atoms with Gasteiger partial charge in [-0.15, -0.1) is 0 Å². The monoisotopic (exact) mass is 283 g/mol. The highest BCUT2D eigenvalue weighted by Crippen LogP contribution is 2.15. The van der Waals surface area contributed by atoms with Crippen LogP contribution in [0.5, 0.6) is 0 Å². The molecule has 2 fully saturated rings. The van der Waals surface area contributed by atoms with Gasteiger partial charge in [-0.25, -0.2) is 0 Å². The van der Waals surface area contributed by atoms with Crippen LogP contribution in [-0.2, 0) is 9.53 Å². The number of amides is 1. The van der Waals surface area contributed by atoms with Crippen molar-refractivity contribution in [1.82, 2.24) is 15.1 Å². The van der Waals surface area contributed by atoms with E-state index in [1.54, 1.807) is 0 Å². The van der Waals surface area contributed by atoms with Crippen molar-refractivity contribution in [3.63, 3.8) is 0 Å². The number of piperidine rings is 1. The molecule has 0 aromatic rings. The zero-order valence-electron chi connectivity index (χ0n) is 12.9. The van der Waals surface area contributed by atoms with E-state index in [0.29, 0.717) is 5.92 Å². The first kappa shape index (κ1) is 15.7.